The van der Waals surface area contributed by atoms with Crippen molar-refractivity contribution in [2.45, 2.75) is 18.7 Å². The summed E-state index contributed by atoms with van der Waals surface area (Å²) in [6, 6.07) is 4.85. The Balaban J connectivity index is 3.61. The van der Waals surface area contributed by atoms with Gasteiger partial charge in [0.1, 0.15) is 6.07 Å². The second kappa shape index (κ2) is 5.31. The maximum Gasteiger partial charge on any atom is 0.417 e. The highest BCUT2D eigenvalue weighted by Gasteiger charge is 2.43. The van der Waals surface area contributed by atoms with Crippen LogP contribution in [0.4, 0.5) is 13.2 Å². The van der Waals surface area contributed by atoms with Gasteiger partial charge in [0.25, 0.3) is 0 Å². The SMILES string of the molecule is COC(C#N)(C(C)=O)c1cccc(C(F)(F)F)c1Br. The van der Waals surface area contributed by atoms with Gasteiger partial charge in [-0.2, -0.15) is 18.4 Å². The van der Waals surface area contributed by atoms with E-state index in [1.165, 1.54) is 6.07 Å². The number of alkyl halides is 3. The Morgan fingerprint density at radius 3 is 2.26 bits per heavy atom. The summed E-state index contributed by atoms with van der Waals surface area (Å²) in [6.07, 6.45) is -4.60. The Kier molecular flexibility index (Phi) is 4.38. The Labute approximate surface area is 116 Å². The van der Waals surface area contributed by atoms with Crippen molar-refractivity contribution >= 4 is 21.7 Å². The Hall–Kier alpha value is -1.39. The fourth-order valence-electron chi connectivity index (χ4n) is 1.65. The molecule has 0 radical (unpaired) electrons. The summed E-state index contributed by atoms with van der Waals surface area (Å²) >= 11 is 2.80. The van der Waals surface area contributed by atoms with E-state index in [4.69, 9.17) is 10.00 Å². The fourth-order valence-corrected chi connectivity index (χ4v) is 2.42. The van der Waals surface area contributed by atoms with Gasteiger partial charge in [-0.05, 0) is 28.9 Å². The molecule has 3 nitrogen and oxygen atoms in total. The molecular weight excluding hydrogens is 327 g/mol. The summed E-state index contributed by atoms with van der Waals surface area (Å²) in [4.78, 5) is 11.6. The summed E-state index contributed by atoms with van der Waals surface area (Å²) in [7, 11) is 1.09. The van der Waals surface area contributed by atoms with E-state index in [2.05, 4.69) is 15.9 Å². The lowest BCUT2D eigenvalue weighted by Crippen LogP contribution is -2.35. The summed E-state index contributed by atoms with van der Waals surface area (Å²) < 4.78 is 42.9. The van der Waals surface area contributed by atoms with Crippen molar-refractivity contribution in [1.82, 2.24) is 0 Å². The van der Waals surface area contributed by atoms with Crippen molar-refractivity contribution in [2.24, 2.45) is 0 Å². The predicted molar refractivity (Wildman–Crippen MR) is 64.1 cm³/mol. The third-order valence-corrected chi connectivity index (χ3v) is 3.50. The molecule has 1 atom stereocenters. The van der Waals surface area contributed by atoms with Crippen molar-refractivity contribution in [3.05, 3.63) is 33.8 Å². The van der Waals surface area contributed by atoms with Gasteiger partial charge in [-0.3, -0.25) is 4.79 Å². The van der Waals surface area contributed by atoms with Crippen LogP contribution in [0.25, 0.3) is 0 Å². The number of hydrogen-bond acceptors (Lipinski definition) is 3. The molecule has 1 unspecified atom stereocenters. The van der Waals surface area contributed by atoms with Gasteiger partial charge in [0, 0.05) is 17.1 Å². The van der Waals surface area contributed by atoms with E-state index < -0.39 is 23.1 Å². The molecule has 0 aliphatic carbocycles. The molecule has 0 saturated carbocycles. The van der Waals surface area contributed by atoms with E-state index in [1.807, 2.05) is 0 Å². The van der Waals surface area contributed by atoms with Gasteiger partial charge in [-0.1, -0.05) is 12.1 Å². The molecule has 0 aliphatic heterocycles. The normalized spacial score (nSPS) is 14.6. The Morgan fingerprint density at radius 1 is 1.37 bits per heavy atom. The molecule has 0 aliphatic rings. The van der Waals surface area contributed by atoms with Gasteiger partial charge in [-0.15, -0.1) is 0 Å². The summed E-state index contributed by atoms with van der Waals surface area (Å²) in [5.41, 5.74) is -3.19. The molecule has 1 rings (SSSR count). The third-order valence-electron chi connectivity index (χ3n) is 2.64. The van der Waals surface area contributed by atoms with Crippen LogP contribution >= 0.6 is 15.9 Å². The van der Waals surface area contributed by atoms with E-state index >= 15 is 0 Å². The van der Waals surface area contributed by atoms with Crippen LogP contribution in [0.5, 0.6) is 0 Å². The molecule has 0 fully saturated rings. The van der Waals surface area contributed by atoms with E-state index in [9.17, 15) is 18.0 Å². The number of carbonyl (C=O) groups is 1. The van der Waals surface area contributed by atoms with Crippen LogP contribution in [-0.2, 0) is 21.3 Å². The van der Waals surface area contributed by atoms with Crippen molar-refractivity contribution < 1.29 is 22.7 Å². The van der Waals surface area contributed by atoms with E-state index in [-0.39, 0.29) is 10.0 Å². The van der Waals surface area contributed by atoms with Crippen molar-refractivity contribution in [1.29, 1.82) is 5.26 Å². The zero-order chi connectivity index (χ0) is 14.8. The van der Waals surface area contributed by atoms with E-state index in [0.29, 0.717) is 0 Å². The van der Waals surface area contributed by atoms with Crippen molar-refractivity contribution in [3.8, 4) is 6.07 Å². The van der Waals surface area contributed by atoms with Gasteiger partial charge in [-0.25, -0.2) is 0 Å². The van der Waals surface area contributed by atoms with Crippen molar-refractivity contribution in [2.75, 3.05) is 7.11 Å². The minimum atomic E-state index is -4.60. The highest BCUT2D eigenvalue weighted by atomic mass is 79.9. The third kappa shape index (κ3) is 2.65. The van der Waals surface area contributed by atoms with E-state index in [0.717, 1.165) is 26.2 Å². The first-order valence-electron chi connectivity index (χ1n) is 5.04. The first-order chi connectivity index (χ1) is 8.70. The average molecular weight is 336 g/mol. The molecule has 0 bridgehead atoms. The van der Waals surface area contributed by atoms with Crippen LogP contribution in [0.15, 0.2) is 22.7 Å². The van der Waals surface area contributed by atoms with Crippen LogP contribution in [0.3, 0.4) is 0 Å². The molecule has 0 spiro atoms. The number of nitrogens with zero attached hydrogens (tertiary/aromatic N) is 1. The van der Waals surface area contributed by atoms with Gasteiger partial charge in [0.15, 0.2) is 5.78 Å². The average Bonchev–Trinajstić information content (AvgIpc) is 2.31. The lowest BCUT2D eigenvalue weighted by atomic mass is 9.90. The predicted octanol–water partition coefficient (Wildman–Crippen LogP) is 3.42. The van der Waals surface area contributed by atoms with Crippen LogP contribution in [-0.4, -0.2) is 12.9 Å². The van der Waals surface area contributed by atoms with Crippen LogP contribution < -0.4 is 0 Å². The minimum absolute atomic E-state index is 0.167. The lowest BCUT2D eigenvalue weighted by Gasteiger charge is -2.25. The summed E-state index contributed by atoms with van der Waals surface area (Å²) in [5, 5.41) is 9.12. The van der Waals surface area contributed by atoms with Gasteiger partial charge >= 0.3 is 6.18 Å². The highest BCUT2D eigenvalue weighted by Crippen LogP contribution is 2.40. The fraction of sp³-hybridized carbons (Fsp3) is 0.333. The number of hydrogen-bond donors (Lipinski definition) is 0. The zero-order valence-corrected chi connectivity index (χ0v) is 11.6. The summed E-state index contributed by atoms with van der Waals surface area (Å²) in [6.45, 7) is 1.08. The molecule has 1 aromatic carbocycles. The molecular formula is C12H9BrF3NO2. The molecule has 19 heavy (non-hydrogen) atoms. The zero-order valence-electron chi connectivity index (χ0n) is 10.0. The number of carbonyl (C=O) groups excluding carboxylic acids is 1. The second-order valence-corrected chi connectivity index (χ2v) is 4.51. The van der Waals surface area contributed by atoms with Crippen LogP contribution in [0.2, 0.25) is 0 Å². The van der Waals surface area contributed by atoms with Crippen molar-refractivity contribution in [3.63, 3.8) is 0 Å². The molecule has 0 aromatic heterocycles. The Bertz CT molecular complexity index is 551. The number of Topliss-reactive ketones (excluding diaryl/α,β-unsaturated/α-hetero) is 1. The first-order valence-corrected chi connectivity index (χ1v) is 5.83. The number of rotatable bonds is 3. The van der Waals surface area contributed by atoms with Gasteiger partial charge < -0.3 is 4.74 Å². The minimum Gasteiger partial charge on any atom is -0.353 e. The number of nitriles is 1. The standard InChI is InChI=1S/C12H9BrF3NO2/c1-7(18)11(6-17,19-2)8-4-3-5-9(10(8)13)12(14,15)16/h3-5H,1-2H3. The topological polar surface area (TPSA) is 50.1 Å². The molecule has 7 heteroatoms. The summed E-state index contributed by atoms with van der Waals surface area (Å²) in [5.74, 6) is -0.697. The largest absolute Gasteiger partial charge is 0.417 e. The highest BCUT2D eigenvalue weighted by molar-refractivity contribution is 9.10. The maximum absolute atomic E-state index is 12.8. The number of ether oxygens (including phenoxy) is 1. The Morgan fingerprint density at radius 2 is 1.89 bits per heavy atom. The maximum atomic E-state index is 12.8. The second-order valence-electron chi connectivity index (χ2n) is 3.72. The number of halogens is 4. The first kappa shape index (κ1) is 15.7. The molecule has 1 aromatic rings. The number of ketones is 1. The smallest absolute Gasteiger partial charge is 0.353 e. The van der Waals surface area contributed by atoms with Gasteiger partial charge in [0.2, 0.25) is 5.60 Å². The lowest BCUT2D eigenvalue weighted by molar-refractivity contribution is -0.139. The van der Waals surface area contributed by atoms with E-state index in [1.54, 1.807) is 6.07 Å². The molecule has 0 N–H and O–H groups in total. The number of methoxy groups -OCH3 is 1. The van der Waals surface area contributed by atoms with Gasteiger partial charge in [0.05, 0.1) is 5.56 Å². The molecule has 0 saturated heterocycles. The monoisotopic (exact) mass is 335 g/mol. The molecule has 0 amide bonds. The number of benzene rings is 1. The van der Waals surface area contributed by atoms with Crippen LogP contribution in [0, 0.1) is 11.3 Å². The molecule has 102 valence electrons. The molecule has 0 heterocycles. The van der Waals surface area contributed by atoms with Crippen LogP contribution in [0.1, 0.15) is 18.1 Å². The quantitative estimate of drug-likeness (QED) is 0.850.